The van der Waals surface area contributed by atoms with Gasteiger partial charge in [-0.1, -0.05) is 35.9 Å². The lowest BCUT2D eigenvalue weighted by Gasteiger charge is -2.21. The first-order valence-corrected chi connectivity index (χ1v) is 9.33. The van der Waals surface area contributed by atoms with Crippen LogP contribution in [0.5, 0.6) is 0 Å². The lowest BCUT2D eigenvalue weighted by molar-refractivity contribution is -0.149. The van der Waals surface area contributed by atoms with Crippen molar-refractivity contribution in [2.75, 3.05) is 11.4 Å². The number of carbonyl (C=O) groups is 2. The molecule has 6 nitrogen and oxygen atoms in total. The zero-order valence-electron chi connectivity index (χ0n) is 15.2. The molecule has 0 radical (unpaired) electrons. The number of hydrogen-bond acceptors (Lipinski definition) is 4. The topological polar surface area (TPSA) is 63.9 Å². The number of nitrogens with zero attached hydrogens (tertiary/aromatic N) is 3. The number of aromatic nitrogens is 2. The fraction of sp³-hybridized carbons (Fsp3) is 0.190. The molecule has 3 heterocycles. The number of benzene rings is 1. The largest absolute Gasteiger partial charge is 0.449 e. The lowest BCUT2D eigenvalue weighted by atomic mass is 10.2. The van der Waals surface area contributed by atoms with Gasteiger partial charge in [0.25, 0.3) is 5.91 Å². The highest BCUT2D eigenvalue weighted by Crippen LogP contribution is 2.28. The lowest BCUT2D eigenvalue weighted by Crippen LogP contribution is -2.38. The molecule has 1 aromatic carbocycles. The first-order valence-electron chi connectivity index (χ1n) is 8.95. The van der Waals surface area contributed by atoms with E-state index in [4.69, 9.17) is 16.3 Å². The molecule has 1 atom stereocenters. The minimum absolute atomic E-state index is 0.237. The van der Waals surface area contributed by atoms with Crippen LogP contribution >= 0.6 is 11.6 Å². The van der Waals surface area contributed by atoms with Gasteiger partial charge in [-0.3, -0.25) is 9.20 Å². The van der Waals surface area contributed by atoms with Gasteiger partial charge in [0.05, 0.1) is 5.69 Å². The summed E-state index contributed by atoms with van der Waals surface area (Å²) in [6, 6.07) is 13.3. The van der Waals surface area contributed by atoms with E-state index in [1.165, 1.54) is 12.2 Å². The van der Waals surface area contributed by atoms with Crippen LogP contribution in [-0.2, 0) is 20.7 Å². The summed E-state index contributed by atoms with van der Waals surface area (Å²) in [5, 5.41) is 0.285. The second kappa shape index (κ2) is 7.48. The fourth-order valence-electron chi connectivity index (χ4n) is 3.33. The molecule has 0 bridgehead atoms. The molecule has 142 valence electrons. The Kier molecular flexibility index (Phi) is 4.88. The molecular formula is C21H18ClN3O3. The Morgan fingerprint density at radius 2 is 2.00 bits per heavy atom. The van der Waals surface area contributed by atoms with Crippen molar-refractivity contribution < 1.29 is 14.3 Å². The summed E-state index contributed by atoms with van der Waals surface area (Å²) in [6.07, 6.45) is 4.50. The standard InChI is InChI=1S/C21H18ClN3O3/c1-14(21(27)25-13-11-15-6-2-3-7-16(15)25)28-19(26)10-9-17-20(22)23-18-8-4-5-12-24(17)18/h2-10,12,14H,11,13H2,1H3/b10-9+/t14-/m1/s1. The molecule has 0 fully saturated rings. The van der Waals surface area contributed by atoms with Gasteiger partial charge in [0.2, 0.25) is 0 Å². The third-order valence-electron chi connectivity index (χ3n) is 4.69. The maximum absolute atomic E-state index is 12.7. The summed E-state index contributed by atoms with van der Waals surface area (Å²) >= 11 is 6.15. The number of imidazole rings is 1. The number of halogens is 1. The Hall–Kier alpha value is -3.12. The first kappa shape index (κ1) is 18.3. The molecule has 28 heavy (non-hydrogen) atoms. The molecule has 1 amide bonds. The molecule has 0 spiro atoms. The average molecular weight is 396 g/mol. The van der Waals surface area contributed by atoms with Crippen LogP contribution in [0.25, 0.3) is 11.7 Å². The highest BCUT2D eigenvalue weighted by atomic mass is 35.5. The number of hydrogen-bond donors (Lipinski definition) is 0. The molecule has 7 heteroatoms. The molecular weight excluding hydrogens is 378 g/mol. The predicted octanol–water partition coefficient (Wildman–Crippen LogP) is 3.52. The summed E-state index contributed by atoms with van der Waals surface area (Å²) in [7, 11) is 0. The van der Waals surface area contributed by atoms with Crippen molar-refractivity contribution in [2.24, 2.45) is 0 Å². The van der Waals surface area contributed by atoms with Gasteiger partial charge in [-0.2, -0.15) is 0 Å². The van der Waals surface area contributed by atoms with Crippen molar-refractivity contribution in [1.29, 1.82) is 0 Å². The van der Waals surface area contributed by atoms with E-state index in [-0.39, 0.29) is 11.1 Å². The molecule has 4 rings (SSSR count). The molecule has 1 aliphatic heterocycles. The van der Waals surface area contributed by atoms with E-state index in [1.807, 2.05) is 42.5 Å². The van der Waals surface area contributed by atoms with Crippen LogP contribution in [0.2, 0.25) is 5.15 Å². The minimum Gasteiger partial charge on any atom is -0.449 e. The summed E-state index contributed by atoms with van der Waals surface area (Å²) < 4.78 is 7.07. The zero-order chi connectivity index (χ0) is 19.7. The Bertz CT molecular complexity index is 1090. The van der Waals surface area contributed by atoms with Crippen molar-refractivity contribution in [3.8, 4) is 0 Å². The van der Waals surface area contributed by atoms with Crippen LogP contribution in [0.1, 0.15) is 18.2 Å². The van der Waals surface area contributed by atoms with Gasteiger partial charge >= 0.3 is 5.97 Å². The maximum atomic E-state index is 12.7. The van der Waals surface area contributed by atoms with Gasteiger partial charge < -0.3 is 9.64 Å². The van der Waals surface area contributed by atoms with E-state index in [1.54, 1.807) is 22.4 Å². The third-order valence-corrected chi connectivity index (χ3v) is 4.97. The molecule has 1 aliphatic rings. The summed E-state index contributed by atoms with van der Waals surface area (Å²) in [6.45, 7) is 2.17. The Morgan fingerprint density at radius 1 is 1.21 bits per heavy atom. The maximum Gasteiger partial charge on any atom is 0.331 e. The van der Waals surface area contributed by atoms with E-state index in [9.17, 15) is 9.59 Å². The van der Waals surface area contributed by atoms with E-state index in [2.05, 4.69) is 4.98 Å². The number of esters is 1. The van der Waals surface area contributed by atoms with E-state index in [0.717, 1.165) is 17.7 Å². The summed E-state index contributed by atoms with van der Waals surface area (Å²) in [4.78, 5) is 30.8. The molecule has 0 saturated carbocycles. The molecule has 3 aromatic rings. The number of amides is 1. The van der Waals surface area contributed by atoms with Crippen molar-refractivity contribution >= 4 is 40.9 Å². The van der Waals surface area contributed by atoms with Gasteiger partial charge in [0.1, 0.15) is 5.65 Å². The first-order chi connectivity index (χ1) is 13.5. The fourth-order valence-corrected chi connectivity index (χ4v) is 3.57. The van der Waals surface area contributed by atoms with Crippen LogP contribution in [0.3, 0.4) is 0 Å². The third kappa shape index (κ3) is 3.39. The SMILES string of the molecule is C[C@@H](OC(=O)/C=C/c1c(Cl)nc2ccccn12)C(=O)N1CCc2ccccc21. The quantitative estimate of drug-likeness (QED) is 0.501. The number of carbonyl (C=O) groups excluding carboxylic acids is 2. The number of rotatable bonds is 4. The molecule has 2 aromatic heterocycles. The summed E-state index contributed by atoms with van der Waals surface area (Å²) in [5.41, 5.74) is 3.25. The van der Waals surface area contributed by atoms with Crippen LogP contribution in [0, 0.1) is 0 Å². The van der Waals surface area contributed by atoms with Crippen LogP contribution < -0.4 is 4.90 Å². The number of ether oxygens (including phenoxy) is 1. The van der Waals surface area contributed by atoms with E-state index < -0.39 is 12.1 Å². The average Bonchev–Trinajstić information content (AvgIpc) is 3.26. The monoisotopic (exact) mass is 395 g/mol. The van der Waals surface area contributed by atoms with Gasteiger partial charge in [0.15, 0.2) is 11.3 Å². The molecule has 0 N–H and O–H groups in total. The molecule has 0 saturated heterocycles. The van der Waals surface area contributed by atoms with Crippen molar-refractivity contribution in [1.82, 2.24) is 9.38 Å². The predicted molar refractivity (Wildman–Crippen MR) is 107 cm³/mol. The normalized spacial score (nSPS) is 14.4. The van der Waals surface area contributed by atoms with Crippen molar-refractivity contribution in [3.63, 3.8) is 0 Å². The van der Waals surface area contributed by atoms with Crippen molar-refractivity contribution in [3.05, 3.63) is 71.1 Å². The second-order valence-electron chi connectivity index (χ2n) is 6.50. The highest BCUT2D eigenvalue weighted by Gasteiger charge is 2.29. The molecule has 0 unspecified atom stereocenters. The second-order valence-corrected chi connectivity index (χ2v) is 6.86. The zero-order valence-corrected chi connectivity index (χ0v) is 16.0. The summed E-state index contributed by atoms with van der Waals surface area (Å²) in [5.74, 6) is -0.852. The van der Waals surface area contributed by atoms with E-state index in [0.29, 0.717) is 17.9 Å². The Balaban J connectivity index is 1.44. The number of fused-ring (bicyclic) bond motifs is 2. The Morgan fingerprint density at radius 3 is 2.86 bits per heavy atom. The van der Waals surface area contributed by atoms with Gasteiger partial charge in [-0.05, 0) is 43.2 Å². The number of anilines is 1. The number of para-hydroxylation sites is 1. The van der Waals surface area contributed by atoms with Gasteiger partial charge in [-0.25, -0.2) is 9.78 Å². The van der Waals surface area contributed by atoms with E-state index >= 15 is 0 Å². The number of pyridine rings is 1. The van der Waals surface area contributed by atoms with Crippen LogP contribution in [-0.4, -0.2) is 33.9 Å². The minimum atomic E-state index is -0.888. The smallest absolute Gasteiger partial charge is 0.331 e. The van der Waals surface area contributed by atoms with Gasteiger partial charge in [-0.15, -0.1) is 0 Å². The van der Waals surface area contributed by atoms with Crippen molar-refractivity contribution in [2.45, 2.75) is 19.4 Å². The Labute approximate surface area is 167 Å². The van der Waals surface area contributed by atoms with Crippen LogP contribution in [0.15, 0.2) is 54.7 Å². The van der Waals surface area contributed by atoms with Gasteiger partial charge in [0, 0.05) is 24.5 Å². The molecule has 0 aliphatic carbocycles. The highest BCUT2D eigenvalue weighted by molar-refractivity contribution is 6.31. The van der Waals surface area contributed by atoms with Crippen LogP contribution in [0.4, 0.5) is 5.69 Å².